The van der Waals surface area contributed by atoms with Crippen LogP contribution in [0.4, 0.5) is 0 Å². The van der Waals surface area contributed by atoms with Crippen molar-refractivity contribution in [2.75, 3.05) is 6.61 Å². The smallest absolute Gasteiger partial charge is 0.336 e. The van der Waals surface area contributed by atoms with Gasteiger partial charge in [-0.05, 0) is 26.7 Å². The molecule has 0 unspecified atom stereocenters. The highest BCUT2D eigenvalue weighted by atomic mass is 16.5. The number of nitrogens with two attached hydrogens (primary N) is 1. The average molecular weight is 294 g/mol. The van der Waals surface area contributed by atoms with Crippen LogP contribution in [0.25, 0.3) is 0 Å². The largest absolute Gasteiger partial charge is 0.463 e. The van der Waals surface area contributed by atoms with Crippen molar-refractivity contribution in [1.29, 1.82) is 0 Å². The molecule has 0 bridgehead atoms. The number of carbonyl (C=O) groups excluding carboxylic acids is 3. The number of amides is 2. The summed E-state index contributed by atoms with van der Waals surface area (Å²) in [5.74, 6) is -2.54. The number of hydrogen-bond donors (Lipinski definition) is 2. The maximum absolute atomic E-state index is 12.4. The van der Waals surface area contributed by atoms with Crippen LogP contribution in [0.3, 0.4) is 0 Å². The highest BCUT2D eigenvalue weighted by molar-refractivity contribution is 6.06. The van der Waals surface area contributed by atoms with Gasteiger partial charge in [-0.15, -0.1) is 0 Å². The molecule has 2 rings (SSSR count). The molecule has 6 heteroatoms. The van der Waals surface area contributed by atoms with Crippen molar-refractivity contribution < 1.29 is 19.1 Å². The Morgan fingerprint density at radius 3 is 2.48 bits per heavy atom. The predicted molar refractivity (Wildman–Crippen MR) is 75.7 cm³/mol. The topological polar surface area (TPSA) is 98.5 Å². The van der Waals surface area contributed by atoms with Crippen LogP contribution in [0.1, 0.15) is 46.0 Å². The molecule has 2 aliphatic rings. The van der Waals surface area contributed by atoms with Crippen molar-refractivity contribution in [3.8, 4) is 0 Å². The van der Waals surface area contributed by atoms with Gasteiger partial charge < -0.3 is 15.8 Å². The number of hydrogen-bond acceptors (Lipinski definition) is 4. The third-order valence-corrected chi connectivity index (χ3v) is 4.51. The van der Waals surface area contributed by atoms with E-state index in [2.05, 4.69) is 5.32 Å². The van der Waals surface area contributed by atoms with Crippen LogP contribution in [0, 0.1) is 11.3 Å². The first-order valence-electron chi connectivity index (χ1n) is 7.42. The lowest BCUT2D eigenvalue weighted by Gasteiger charge is -2.45. The highest BCUT2D eigenvalue weighted by Gasteiger charge is 2.55. The first kappa shape index (κ1) is 15.5. The fourth-order valence-corrected chi connectivity index (χ4v) is 3.77. The van der Waals surface area contributed by atoms with Crippen molar-refractivity contribution in [3.63, 3.8) is 0 Å². The van der Waals surface area contributed by atoms with E-state index in [4.69, 9.17) is 10.5 Å². The van der Waals surface area contributed by atoms with E-state index in [1.165, 1.54) is 0 Å². The summed E-state index contributed by atoms with van der Waals surface area (Å²) < 4.78 is 5.14. The number of primary amides is 1. The fourth-order valence-electron chi connectivity index (χ4n) is 3.77. The Labute approximate surface area is 124 Å². The number of esters is 1. The van der Waals surface area contributed by atoms with Gasteiger partial charge in [0.15, 0.2) is 0 Å². The van der Waals surface area contributed by atoms with Gasteiger partial charge in [0.1, 0.15) is 5.92 Å². The minimum atomic E-state index is -0.999. The monoisotopic (exact) mass is 294 g/mol. The molecule has 3 N–H and O–H groups in total. The summed E-state index contributed by atoms with van der Waals surface area (Å²) >= 11 is 0. The van der Waals surface area contributed by atoms with Crippen molar-refractivity contribution in [2.24, 2.45) is 17.1 Å². The molecule has 1 spiro atoms. The van der Waals surface area contributed by atoms with Crippen LogP contribution >= 0.6 is 0 Å². The van der Waals surface area contributed by atoms with Crippen molar-refractivity contribution >= 4 is 17.8 Å². The lowest BCUT2D eigenvalue weighted by Crippen LogP contribution is -2.55. The molecule has 1 fully saturated rings. The molecule has 21 heavy (non-hydrogen) atoms. The van der Waals surface area contributed by atoms with E-state index in [9.17, 15) is 14.4 Å². The quantitative estimate of drug-likeness (QED) is 0.599. The van der Waals surface area contributed by atoms with E-state index >= 15 is 0 Å². The van der Waals surface area contributed by atoms with Gasteiger partial charge in [0.05, 0.1) is 12.2 Å². The lowest BCUT2D eigenvalue weighted by molar-refractivity contribution is -0.145. The van der Waals surface area contributed by atoms with E-state index in [1.807, 2.05) is 0 Å². The van der Waals surface area contributed by atoms with Crippen LogP contribution in [-0.4, -0.2) is 24.4 Å². The average Bonchev–Trinajstić information content (AvgIpc) is 2.38. The first-order valence-corrected chi connectivity index (χ1v) is 7.42. The van der Waals surface area contributed by atoms with Crippen LogP contribution in [0.2, 0.25) is 0 Å². The maximum Gasteiger partial charge on any atom is 0.336 e. The summed E-state index contributed by atoms with van der Waals surface area (Å²) in [7, 11) is 0. The first-order chi connectivity index (χ1) is 9.94. The fraction of sp³-hybridized carbons (Fsp3) is 0.667. The zero-order valence-corrected chi connectivity index (χ0v) is 12.5. The molecule has 1 saturated carbocycles. The zero-order chi connectivity index (χ0) is 15.6. The Bertz CT molecular complexity index is 504. The second-order valence-corrected chi connectivity index (χ2v) is 5.76. The third kappa shape index (κ3) is 2.54. The number of carbonyl (C=O) groups is 3. The molecule has 2 amide bonds. The van der Waals surface area contributed by atoms with Gasteiger partial charge in [-0.1, -0.05) is 19.3 Å². The molecular weight excluding hydrogens is 272 g/mol. The minimum absolute atomic E-state index is 0.251. The summed E-state index contributed by atoms with van der Waals surface area (Å²) in [4.78, 5) is 36.5. The van der Waals surface area contributed by atoms with Gasteiger partial charge in [0, 0.05) is 11.1 Å². The lowest BCUT2D eigenvalue weighted by atomic mass is 9.59. The molecule has 0 aromatic carbocycles. The molecule has 116 valence electrons. The van der Waals surface area contributed by atoms with Gasteiger partial charge in [0.25, 0.3) is 0 Å². The summed E-state index contributed by atoms with van der Waals surface area (Å²) in [5.41, 5.74) is 5.58. The van der Waals surface area contributed by atoms with E-state index < -0.39 is 29.1 Å². The summed E-state index contributed by atoms with van der Waals surface area (Å²) in [6.07, 6.45) is 3.99. The van der Waals surface area contributed by atoms with Crippen LogP contribution in [0.5, 0.6) is 0 Å². The standard InChI is InChI=1S/C15H22N2O4/c1-3-21-14(20)10-9(2)17-13(19)11(12(16)18)15(10)7-5-4-6-8-15/h11H,3-8H2,1-2H3,(H2,16,18)(H,17,19)/t11-/m1/s1. The van der Waals surface area contributed by atoms with E-state index in [0.29, 0.717) is 24.1 Å². The molecule has 1 heterocycles. The molecule has 6 nitrogen and oxygen atoms in total. The maximum atomic E-state index is 12.4. The minimum Gasteiger partial charge on any atom is -0.463 e. The molecular formula is C15H22N2O4. The van der Waals surface area contributed by atoms with Gasteiger partial charge in [-0.25, -0.2) is 4.79 Å². The van der Waals surface area contributed by atoms with Gasteiger partial charge in [-0.3, -0.25) is 9.59 Å². The summed E-state index contributed by atoms with van der Waals surface area (Å²) in [6, 6.07) is 0. The predicted octanol–water partition coefficient (Wildman–Crippen LogP) is 1.01. The molecule has 1 aliphatic heterocycles. The zero-order valence-electron chi connectivity index (χ0n) is 12.5. The van der Waals surface area contributed by atoms with E-state index in [0.717, 1.165) is 19.3 Å². The normalized spacial score (nSPS) is 24.7. The second kappa shape index (κ2) is 5.87. The molecule has 0 aromatic rings. The second-order valence-electron chi connectivity index (χ2n) is 5.76. The summed E-state index contributed by atoms with van der Waals surface area (Å²) in [5, 5.41) is 2.61. The Kier molecular flexibility index (Phi) is 4.34. The van der Waals surface area contributed by atoms with Crippen LogP contribution in [0.15, 0.2) is 11.3 Å². The SMILES string of the molecule is CCOC(=O)C1=C(C)NC(=O)[C@@H](C(N)=O)C12CCCCC2. The van der Waals surface area contributed by atoms with Gasteiger partial charge >= 0.3 is 5.97 Å². The number of rotatable bonds is 3. The van der Waals surface area contributed by atoms with Crippen molar-refractivity contribution in [1.82, 2.24) is 5.32 Å². The Morgan fingerprint density at radius 1 is 1.33 bits per heavy atom. The van der Waals surface area contributed by atoms with Crippen LogP contribution in [-0.2, 0) is 19.1 Å². The molecule has 1 atom stereocenters. The molecule has 0 saturated heterocycles. The summed E-state index contributed by atoms with van der Waals surface area (Å²) in [6.45, 7) is 3.66. The van der Waals surface area contributed by atoms with Crippen molar-refractivity contribution in [2.45, 2.75) is 46.0 Å². The third-order valence-electron chi connectivity index (χ3n) is 4.51. The van der Waals surface area contributed by atoms with Crippen LogP contribution < -0.4 is 11.1 Å². The van der Waals surface area contributed by atoms with E-state index in [1.54, 1.807) is 13.8 Å². The molecule has 1 aliphatic carbocycles. The number of allylic oxidation sites excluding steroid dienone is 1. The highest BCUT2D eigenvalue weighted by Crippen LogP contribution is 2.51. The molecule has 0 radical (unpaired) electrons. The van der Waals surface area contributed by atoms with Gasteiger partial charge in [-0.2, -0.15) is 0 Å². The Balaban J connectivity index is 2.56. The molecule has 0 aromatic heterocycles. The van der Waals surface area contributed by atoms with Gasteiger partial charge in [0.2, 0.25) is 11.8 Å². The Morgan fingerprint density at radius 2 is 1.95 bits per heavy atom. The van der Waals surface area contributed by atoms with E-state index in [-0.39, 0.29) is 6.61 Å². The number of nitrogens with one attached hydrogen (secondary N) is 1. The van der Waals surface area contributed by atoms with Crippen molar-refractivity contribution in [3.05, 3.63) is 11.3 Å². The number of ether oxygens (including phenoxy) is 1. The Hall–Kier alpha value is -1.85.